The number of nitrogens with one attached hydrogen (secondary N) is 2. The number of benzene rings is 1. The molecule has 0 fully saturated rings. The van der Waals surface area contributed by atoms with Crippen molar-refractivity contribution in [2.24, 2.45) is 5.10 Å². The van der Waals surface area contributed by atoms with E-state index in [1.165, 1.54) is 19.2 Å². The van der Waals surface area contributed by atoms with E-state index in [4.69, 9.17) is 9.47 Å². The van der Waals surface area contributed by atoms with Gasteiger partial charge in [-0.15, -0.1) is 0 Å². The number of carbonyl (C=O) groups is 2. The van der Waals surface area contributed by atoms with Gasteiger partial charge in [-0.1, -0.05) is 20.8 Å². The van der Waals surface area contributed by atoms with E-state index < -0.39 is 22.5 Å². The molecule has 0 bridgehead atoms. The number of ether oxygens (including phenoxy) is 2. The van der Waals surface area contributed by atoms with E-state index in [9.17, 15) is 19.7 Å². The molecule has 0 unspecified atom stereocenters. The van der Waals surface area contributed by atoms with Crippen LogP contribution < -0.4 is 14.9 Å². The monoisotopic (exact) mass is 403 g/mol. The molecule has 2 rings (SSSR count). The van der Waals surface area contributed by atoms with Gasteiger partial charge in [-0.05, 0) is 18.2 Å². The molecule has 2 N–H and O–H groups in total. The average Bonchev–Trinajstić information content (AvgIpc) is 3.12. The van der Waals surface area contributed by atoms with Crippen LogP contribution in [-0.4, -0.2) is 40.3 Å². The number of esters is 1. The third-order valence-electron chi connectivity index (χ3n) is 3.76. The Hall–Kier alpha value is -3.76. The van der Waals surface area contributed by atoms with Gasteiger partial charge in [-0.25, -0.2) is 5.43 Å². The molecule has 29 heavy (non-hydrogen) atoms. The van der Waals surface area contributed by atoms with E-state index in [1.807, 2.05) is 20.8 Å². The number of H-pyrrole nitrogens is 1. The summed E-state index contributed by atoms with van der Waals surface area (Å²) >= 11 is 0. The van der Waals surface area contributed by atoms with E-state index in [-0.39, 0.29) is 28.2 Å². The van der Waals surface area contributed by atoms with Crippen LogP contribution in [0.1, 0.15) is 49.4 Å². The summed E-state index contributed by atoms with van der Waals surface area (Å²) in [6.45, 7) is 7.06. The molecule has 0 saturated heterocycles. The van der Waals surface area contributed by atoms with Crippen molar-refractivity contribution in [3.05, 3.63) is 45.3 Å². The highest BCUT2D eigenvalue weighted by Gasteiger charge is 2.25. The summed E-state index contributed by atoms with van der Waals surface area (Å²) in [5, 5.41) is 21.9. The smallest absolute Gasteiger partial charge is 0.323 e. The summed E-state index contributed by atoms with van der Waals surface area (Å²) in [5.41, 5.74) is 2.53. The summed E-state index contributed by atoms with van der Waals surface area (Å²) in [4.78, 5) is 34.1. The van der Waals surface area contributed by atoms with Gasteiger partial charge >= 0.3 is 11.7 Å². The highest BCUT2D eigenvalue weighted by atomic mass is 16.6. The molecule has 0 aliphatic carbocycles. The maximum absolute atomic E-state index is 12.2. The number of methoxy groups -OCH3 is 1. The van der Waals surface area contributed by atoms with Crippen molar-refractivity contribution in [1.82, 2.24) is 15.6 Å². The molecular weight excluding hydrogens is 382 g/mol. The standard InChI is InChI=1S/C18H21N5O6/c1-10(24)29-13-7-6-11(15(23(26)27)16(13)28-5)9-19-22-17(25)12-8-14(21-20-12)18(2,3)4/h6-9H,1-5H3,(H,20,21)(H,22,25)/b19-9-. The third-order valence-corrected chi connectivity index (χ3v) is 3.76. The largest absolute Gasteiger partial charge is 0.488 e. The second-order valence-corrected chi connectivity index (χ2v) is 7.00. The number of carbonyl (C=O) groups excluding carboxylic acids is 2. The van der Waals surface area contributed by atoms with Crippen LogP contribution in [-0.2, 0) is 10.2 Å². The first-order valence-electron chi connectivity index (χ1n) is 8.47. The van der Waals surface area contributed by atoms with Gasteiger partial charge in [-0.3, -0.25) is 24.8 Å². The highest BCUT2D eigenvalue weighted by Crippen LogP contribution is 2.39. The first kappa shape index (κ1) is 21.5. The average molecular weight is 403 g/mol. The Bertz CT molecular complexity index is 974. The third kappa shape index (κ3) is 5.15. The Morgan fingerprint density at radius 3 is 2.55 bits per heavy atom. The highest BCUT2D eigenvalue weighted by molar-refractivity contribution is 5.94. The van der Waals surface area contributed by atoms with Crippen molar-refractivity contribution in [2.75, 3.05) is 7.11 Å². The number of nitro groups is 1. The predicted molar refractivity (Wildman–Crippen MR) is 103 cm³/mol. The number of hydrogen-bond donors (Lipinski definition) is 2. The second-order valence-electron chi connectivity index (χ2n) is 7.00. The van der Waals surface area contributed by atoms with E-state index in [2.05, 4.69) is 20.7 Å². The molecule has 1 aromatic carbocycles. The van der Waals surface area contributed by atoms with E-state index in [1.54, 1.807) is 6.07 Å². The lowest BCUT2D eigenvalue weighted by molar-refractivity contribution is -0.385. The topological polar surface area (TPSA) is 149 Å². The van der Waals surface area contributed by atoms with Gasteiger partial charge < -0.3 is 9.47 Å². The Labute approximate surface area is 166 Å². The van der Waals surface area contributed by atoms with Crippen LogP contribution in [0.4, 0.5) is 5.69 Å². The molecule has 154 valence electrons. The quantitative estimate of drug-likeness (QED) is 0.247. The molecule has 1 heterocycles. The minimum absolute atomic E-state index is 0.0421. The summed E-state index contributed by atoms with van der Waals surface area (Å²) in [6.07, 6.45) is 1.09. The number of rotatable bonds is 6. The Morgan fingerprint density at radius 2 is 2.03 bits per heavy atom. The molecule has 11 heteroatoms. The number of amides is 1. The zero-order valence-electron chi connectivity index (χ0n) is 16.6. The van der Waals surface area contributed by atoms with Crippen molar-refractivity contribution in [3.8, 4) is 11.5 Å². The van der Waals surface area contributed by atoms with Crippen LogP contribution in [0.3, 0.4) is 0 Å². The van der Waals surface area contributed by atoms with Crippen LogP contribution >= 0.6 is 0 Å². The molecular formula is C18H21N5O6. The lowest BCUT2D eigenvalue weighted by Gasteiger charge is -2.14. The van der Waals surface area contributed by atoms with Gasteiger partial charge in [0.05, 0.1) is 23.8 Å². The van der Waals surface area contributed by atoms with Crippen molar-refractivity contribution in [1.29, 1.82) is 0 Å². The normalized spacial score (nSPS) is 11.3. The van der Waals surface area contributed by atoms with Crippen molar-refractivity contribution >= 4 is 23.8 Å². The van der Waals surface area contributed by atoms with Gasteiger partial charge in [0, 0.05) is 18.0 Å². The van der Waals surface area contributed by atoms with Crippen LogP contribution in [0.5, 0.6) is 11.5 Å². The summed E-state index contributed by atoms with van der Waals surface area (Å²) in [7, 11) is 1.21. The van der Waals surface area contributed by atoms with Crippen LogP contribution in [0.2, 0.25) is 0 Å². The van der Waals surface area contributed by atoms with Crippen molar-refractivity contribution < 1.29 is 24.0 Å². The first-order valence-corrected chi connectivity index (χ1v) is 8.47. The molecule has 1 aromatic heterocycles. The summed E-state index contributed by atoms with van der Waals surface area (Å²) < 4.78 is 9.95. The van der Waals surface area contributed by atoms with Crippen LogP contribution in [0, 0.1) is 10.1 Å². The van der Waals surface area contributed by atoms with Gasteiger partial charge in [0.2, 0.25) is 5.75 Å². The maximum Gasteiger partial charge on any atom is 0.323 e. The van der Waals surface area contributed by atoms with E-state index in [0.29, 0.717) is 0 Å². The number of aromatic nitrogens is 2. The van der Waals surface area contributed by atoms with Gasteiger partial charge in [0.25, 0.3) is 5.91 Å². The van der Waals surface area contributed by atoms with Gasteiger partial charge in [0.15, 0.2) is 11.4 Å². The fourth-order valence-corrected chi connectivity index (χ4v) is 2.33. The molecule has 0 radical (unpaired) electrons. The number of hydrogen-bond acceptors (Lipinski definition) is 8. The molecule has 0 aliphatic rings. The van der Waals surface area contributed by atoms with Crippen LogP contribution in [0.25, 0.3) is 0 Å². The molecule has 0 atom stereocenters. The fraction of sp³-hybridized carbons (Fsp3) is 0.333. The molecule has 0 spiro atoms. The van der Waals surface area contributed by atoms with E-state index >= 15 is 0 Å². The minimum Gasteiger partial charge on any atom is -0.488 e. The molecule has 1 amide bonds. The van der Waals surface area contributed by atoms with Crippen LogP contribution in [0.15, 0.2) is 23.3 Å². The summed E-state index contributed by atoms with van der Waals surface area (Å²) in [5.74, 6) is -1.57. The number of nitro benzene ring substituents is 1. The SMILES string of the molecule is COc1c(OC(C)=O)ccc(/C=N\NC(=O)c2cc(C(C)(C)C)[nH]n2)c1[N+](=O)[O-]. The molecule has 0 saturated carbocycles. The summed E-state index contributed by atoms with van der Waals surface area (Å²) in [6, 6.07) is 4.25. The molecule has 11 nitrogen and oxygen atoms in total. The van der Waals surface area contributed by atoms with E-state index in [0.717, 1.165) is 18.8 Å². The number of aromatic amines is 1. The van der Waals surface area contributed by atoms with Crippen molar-refractivity contribution in [2.45, 2.75) is 33.1 Å². The Morgan fingerprint density at radius 1 is 1.34 bits per heavy atom. The number of nitrogens with zero attached hydrogens (tertiary/aromatic N) is 3. The Kier molecular flexibility index (Phi) is 6.32. The molecule has 0 aliphatic heterocycles. The lowest BCUT2D eigenvalue weighted by atomic mass is 9.92. The maximum atomic E-state index is 12.2. The fourth-order valence-electron chi connectivity index (χ4n) is 2.33. The second kappa shape index (κ2) is 8.50. The zero-order chi connectivity index (χ0) is 21.8. The first-order chi connectivity index (χ1) is 13.5. The Balaban J connectivity index is 2.25. The predicted octanol–water partition coefficient (Wildman–Crippen LogP) is 2.31. The minimum atomic E-state index is -0.696. The molecule has 2 aromatic rings. The zero-order valence-corrected chi connectivity index (χ0v) is 16.6. The lowest BCUT2D eigenvalue weighted by Crippen LogP contribution is -2.18. The van der Waals surface area contributed by atoms with Crippen molar-refractivity contribution in [3.63, 3.8) is 0 Å². The number of hydrazone groups is 1. The van der Waals surface area contributed by atoms with Gasteiger partial charge in [0.1, 0.15) is 0 Å². The van der Waals surface area contributed by atoms with Gasteiger partial charge in [-0.2, -0.15) is 10.2 Å².